The highest BCUT2D eigenvalue weighted by atomic mass is 32.2. The summed E-state index contributed by atoms with van der Waals surface area (Å²) in [5.41, 5.74) is 8.90. The van der Waals surface area contributed by atoms with Gasteiger partial charge >= 0.3 is 0 Å². The standard InChI is InChI=1S/C17H16N8O3S/c1-8-7-9(2)20-15-12(8)16-23-22-13(14(18)25(16)24-15)17(26)21-10-3-5-11(6-4-10)29(19,27)28/h3-7H,18H2,1-2H3,(H,21,26)(H2,19,27,28). The van der Waals surface area contributed by atoms with Gasteiger partial charge in [0.15, 0.2) is 22.8 Å². The summed E-state index contributed by atoms with van der Waals surface area (Å²) >= 11 is 0. The van der Waals surface area contributed by atoms with Crippen molar-refractivity contribution in [1.82, 2.24) is 24.8 Å². The maximum atomic E-state index is 12.6. The summed E-state index contributed by atoms with van der Waals surface area (Å²) in [7, 11) is -3.82. The Balaban J connectivity index is 1.72. The van der Waals surface area contributed by atoms with Crippen molar-refractivity contribution in [3.63, 3.8) is 0 Å². The zero-order valence-corrected chi connectivity index (χ0v) is 16.2. The Morgan fingerprint density at radius 2 is 1.83 bits per heavy atom. The molecule has 5 N–H and O–H groups in total. The number of carbonyl (C=O) groups excluding carboxylic acids is 1. The Morgan fingerprint density at radius 1 is 1.14 bits per heavy atom. The van der Waals surface area contributed by atoms with Crippen molar-refractivity contribution in [1.29, 1.82) is 0 Å². The van der Waals surface area contributed by atoms with Crippen LogP contribution in [-0.2, 0) is 10.0 Å². The van der Waals surface area contributed by atoms with Crippen LogP contribution in [-0.4, -0.2) is 39.1 Å². The molecule has 29 heavy (non-hydrogen) atoms. The molecule has 3 heterocycles. The number of hydrogen-bond donors (Lipinski definition) is 3. The minimum Gasteiger partial charge on any atom is -0.382 e. The van der Waals surface area contributed by atoms with Gasteiger partial charge in [0.2, 0.25) is 10.0 Å². The number of fused-ring (bicyclic) bond motifs is 3. The molecule has 0 fully saturated rings. The molecule has 0 saturated carbocycles. The number of pyridine rings is 1. The fraction of sp³-hybridized carbons (Fsp3) is 0.118. The zero-order valence-electron chi connectivity index (χ0n) is 15.4. The molecule has 0 saturated heterocycles. The number of aromatic nitrogens is 5. The van der Waals surface area contributed by atoms with Crippen molar-refractivity contribution < 1.29 is 13.2 Å². The summed E-state index contributed by atoms with van der Waals surface area (Å²) in [5, 5.41) is 20.8. The smallest absolute Gasteiger partial charge is 0.280 e. The second kappa shape index (κ2) is 6.46. The van der Waals surface area contributed by atoms with Crippen LogP contribution < -0.4 is 16.2 Å². The van der Waals surface area contributed by atoms with Crippen LogP contribution in [0.3, 0.4) is 0 Å². The lowest BCUT2D eigenvalue weighted by Gasteiger charge is -2.07. The van der Waals surface area contributed by atoms with Crippen molar-refractivity contribution in [2.75, 3.05) is 11.1 Å². The van der Waals surface area contributed by atoms with E-state index in [0.717, 1.165) is 11.3 Å². The zero-order chi connectivity index (χ0) is 20.9. The summed E-state index contributed by atoms with van der Waals surface area (Å²) in [6.07, 6.45) is 0. The summed E-state index contributed by atoms with van der Waals surface area (Å²) in [6, 6.07) is 7.25. The number of nitrogen functional groups attached to an aromatic ring is 1. The molecule has 3 aromatic heterocycles. The highest BCUT2D eigenvalue weighted by Gasteiger charge is 2.20. The van der Waals surface area contributed by atoms with Gasteiger partial charge in [0, 0.05) is 11.4 Å². The fourth-order valence-electron chi connectivity index (χ4n) is 3.00. The Kier molecular flexibility index (Phi) is 4.17. The molecular formula is C17H16N8O3S. The van der Waals surface area contributed by atoms with E-state index >= 15 is 0 Å². The molecule has 0 aliphatic carbocycles. The molecule has 4 aromatic rings. The van der Waals surface area contributed by atoms with Crippen LogP contribution in [0.2, 0.25) is 0 Å². The number of aryl methyl sites for hydroxylation is 2. The lowest BCUT2D eigenvalue weighted by Crippen LogP contribution is -2.19. The molecule has 0 aliphatic rings. The van der Waals surface area contributed by atoms with E-state index < -0.39 is 15.9 Å². The van der Waals surface area contributed by atoms with E-state index in [-0.39, 0.29) is 16.4 Å². The van der Waals surface area contributed by atoms with Crippen LogP contribution in [0.25, 0.3) is 16.7 Å². The predicted molar refractivity (Wildman–Crippen MR) is 106 cm³/mol. The number of primary sulfonamides is 1. The Labute approximate surface area is 164 Å². The monoisotopic (exact) mass is 412 g/mol. The van der Waals surface area contributed by atoms with Crippen LogP contribution in [0.15, 0.2) is 35.2 Å². The second-order valence-corrected chi connectivity index (χ2v) is 8.03. The number of anilines is 2. The average Bonchev–Trinajstić information content (AvgIpc) is 3.01. The second-order valence-electron chi connectivity index (χ2n) is 6.47. The summed E-state index contributed by atoms with van der Waals surface area (Å²) < 4.78 is 24.0. The molecule has 148 valence electrons. The number of rotatable bonds is 3. The van der Waals surface area contributed by atoms with E-state index in [9.17, 15) is 13.2 Å². The maximum absolute atomic E-state index is 12.6. The quantitative estimate of drug-likeness (QED) is 0.443. The molecule has 12 heteroatoms. The van der Waals surface area contributed by atoms with Crippen molar-refractivity contribution in [3.8, 4) is 0 Å². The Morgan fingerprint density at radius 3 is 2.48 bits per heavy atom. The van der Waals surface area contributed by atoms with Gasteiger partial charge in [0.05, 0.1) is 10.3 Å². The number of carbonyl (C=O) groups is 1. The first-order valence-corrected chi connectivity index (χ1v) is 9.93. The molecule has 1 aromatic carbocycles. The Bertz CT molecular complexity index is 1390. The number of nitrogens with one attached hydrogen (secondary N) is 1. The van der Waals surface area contributed by atoms with Gasteiger partial charge in [0.25, 0.3) is 5.91 Å². The molecule has 0 spiro atoms. The third-order valence-corrected chi connectivity index (χ3v) is 5.25. The number of sulfonamides is 1. The van der Waals surface area contributed by atoms with Crippen LogP contribution in [0.1, 0.15) is 21.7 Å². The molecule has 4 rings (SSSR count). The van der Waals surface area contributed by atoms with Gasteiger partial charge in [-0.05, 0) is 49.7 Å². The predicted octanol–water partition coefficient (Wildman–Crippen LogP) is 0.771. The average molecular weight is 412 g/mol. The van der Waals surface area contributed by atoms with Gasteiger partial charge in [-0.3, -0.25) is 4.79 Å². The summed E-state index contributed by atoms with van der Waals surface area (Å²) in [6.45, 7) is 3.76. The highest BCUT2D eigenvalue weighted by molar-refractivity contribution is 7.89. The van der Waals surface area contributed by atoms with E-state index in [1.807, 2.05) is 19.9 Å². The number of hydrogen-bond acceptors (Lipinski definition) is 8. The lowest BCUT2D eigenvalue weighted by molar-refractivity contribution is 0.102. The van der Waals surface area contributed by atoms with Gasteiger partial charge in [-0.2, -0.15) is 4.52 Å². The molecule has 0 aliphatic heterocycles. The van der Waals surface area contributed by atoms with Gasteiger partial charge in [0.1, 0.15) is 0 Å². The van der Waals surface area contributed by atoms with Gasteiger partial charge in [-0.15, -0.1) is 15.3 Å². The van der Waals surface area contributed by atoms with Gasteiger partial charge < -0.3 is 11.1 Å². The van der Waals surface area contributed by atoms with E-state index in [2.05, 4.69) is 25.6 Å². The highest BCUT2D eigenvalue weighted by Crippen LogP contribution is 2.24. The van der Waals surface area contributed by atoms with E-state index in [0.29, 0.717) is 22.4 Å². The van der Waals surface area contributed by atoms with E-state index in [4.69, 9.17) is 10.9 Å². The third-order valence-electron chi connectivity index (χ3n) is 4.32. The van der Waals surface area contributed by atoms with Gasteiger partial charge in [-0.25, -0.2) is 18.5 Å². The van der Waals surface area contributed by atoms with Crippen LogP contribution >= 0.6 is 0 Å². The first-order valence-electron chi connectivity index (χ1n) is 8.38. The van der Waals surface area contributed by atoms with E-state index in [1.54, 1.807) is 0 Å². The first kappa shape index (κ1) is 18.7. The topological polar surface area (TPSA) is 171 Å². The van der Waals surface area contributed by atoms with Crippen molar-refractivity contribution in [2.45, 2.75) is 18.7 Å². The molecule has 0 bridgehead atoms. The lowest BCUT2D eigenvalue weighted by atomic mass is 10.2. The molecule has 0 atom stereocenters. The molecule has 1 amide bonds. The van der Waals surface area contributed by atoms with Crippen LogP contribution in [0.4, 0.5) is 11.5 Å². The first-order chi connectivity index (χ1) is 13.6. The fourth-order valence-corrected chi connectivity index (χ4v) is 3.52. The number of benzene rings is 1. The summed E-state index contributed by atoms with van der Waals surface area (Å²) in [4.78, 5) is 16.9. The van der Waals surface area contributed by atoms with E-state index in [1.165, 1.54) is 28.8 Å². The molecule has 0 radical (unpaired) electrons. The normalized spacial score (nSPS) is 11.8. The SMILES string of the molecule is Cc1cc(C)c2c(n1)nn1c(N)c(C(=O)Nc3ccc(S(N)(=O)=O)cc3)nnc21. The maximum Gasteiger partial charge on any atom is 0.280 e. The Hall–Kier alpha value is -3.64. The molecular weight excluding hydrogens is 396 g/mol. The largest absolute Gasteiger partial charge is 0.382 e. The van der Waals surface area contributed by atoms with Gasteiger partial charge in [-0.1, -0.05) is 0 Å². The minimum absolute atomic E-state index is 0.00343. The number of nitrogens with two attached hydrogens (primary N) is 2. The third kappa shape index (κ3) is 3.23. The number of nitrogens with zero attached hydrogens (tertiary/aromatic N) is 5. The van der Waals surface area contributed by atoms with Crippen LogP contribution in [0, 0.1) is 13.8 Å². The number of amides is 1. The van der Waals surface area contributed by atoms with Crippen molar-refractivity contribution >= 4 is 44.1 Å². The van der Waals surface area contributed by atoms with Crippen molar-refractivity contribution in [2.24, 2.45) is 5.14 Å². The minimum atomic E-state index is -3.82. The van der Waals surface area contributed by atoms with Crippen molar-refractivity contribution in [3.05, 3.63) is 47.3 Å². The molecule has 11 nitrogen and oxygen atoms in total. The van der Waals surface area contributed by atoms with Crippen LogP contribution in [0.5, 0.6) is 0 Å². The summed E-state index contributed by atoms with van der Waals surface area (Å²) in [5.74, 6) is -0.621. The molecule has 0 unspecified atom stereocenters.